The highest BCUT2D eigenvalue weighted by atomic mass is 16.1. The van der Waals surface area contributed by atoms with Crippen LogP contribution in [0.1, 0.15) is 43.1 Å². The van der Waals surface area contributed by atoms with E-state index in [2.05, 4.69) is 31.1 Å². The number of hydrogen-bond donors (Lipinski definition) is 0. The van der Waals surface area contributed by atoms with Crippen molar-refractivity contribution in [1.82, 2.24) is 9.78 Å². The minimum absolute atomic E-state index is 0.0357. The average molecular weight is 284 g/mol. The van der Waals surface area contributed by atoms with Gasteiger partial charge in [0.05, 0.1) is 5.69 Å². The largest absolute Gasteiger partial charge is 0.299 e. The molecule has 0 saturated heterocycles. The number of benzene rings is 1. The quantitative estimate of drug-likeness (QED) is 0.811. The van der Waals surface area contributed by atoms with Crippen LogP contribution >= 0.6 is 0 Å². The summed E-state index contributed by atoms with van der Waals surface area (Å²) in [5, 5.41) is 4.33. The smallest absolute Gasteiger partial charge is 0.146 e. The Labute approximate surface area is 127 Å². The molecule has 0 bridgehead atoms. The highest BCUT2D eigenvalue weighted by molar-refractivity contribution is 5.87. The molecule has 3 nitrogen and oxygen atoms in total. The van der Waals surface area contributed by atoms with Crippen LogP contribution in [0.2, 0.25) is 0 Å². The predicted octanol–water partition coefficient (Wildman–Crippen LogP) is 3.67. The number of rotatable bonds is 6. The van der Waals surface area contributed by atoms with Crippen molar-refractivity contribution in [2.24, 2.45) is 13.0 Å². The molecule has 1 heterocycles. The first kappa shape index (κ1) is 15.5. The Balaban J connectivity index is 2.25. The number of aryl methyl sites for hydroxylation is 2. The molecule has 0 radical (unpaired) electrons. The van der Waals surface area contributed by atoms with Crippen molar-refractivity contribution >= 4 is 5.78 Å². The van der Waals surface area contributed by atoms with E-state index < -0.39 is 0 Å². The number of Topliss-reactive ketones (excluding diaryl/α,β-unsaturated/α-hetero) is 1. The fourth-order valence-electron chi connectivity index (χ4n) is 2.85. The van der Waals surface area contributed by atoms with Gasteiger partial charge in [-0.25, -0.2) is 0 Å². The summed E-state index contributed by atoms with van der Waals surface area (Å²) in [6.07, 6.45) is 1.44. The standard InChI is InChI=1S/C18H24N2O/c1-5-13(2)18(15-9-7-6-8-10-15)17(21)12-16-11-14(3)19-20(16)4/h6-11,13,18H,5,12H2,1-4H3. The van der Waals surface area contributed by atoms with Crippen molar-refractivity contribution in [2.45, 2.75) is 39.5 Å². The van der Waals surface area contributed by atoms with E-state index in [0.29, 0.717) is 12.3 Å². The van der Waals surface area contributed by atoms with Crippen LogP contribution in [-0.4, -0.2) is 15.6 Å². The lowest BCUT2D eigenvalue weighted by Gasteiger charge is -2.22. The van der Waals surface area contributed by atoms with Crippen molar-refractivity contribution in [1.29, 1.82) is 0 Å². The van der Waals surface area contributed by atoms with Gasteiger partial charge in [-0.05, 0) is 24.5 Å². The molecule has 2 atom stereocenters. The van der Waals surface area contributed by atoms with Crippen molar-refractivity contribution in [2.75, 3.05) is 0 Å². The summed E-state index contributed by atoms with van der Waals surface area (Å²) in [7, 11) is 1.90. The second-order valence-electron chi connectivity index (χ2n) is 5.82. The number of carbonyl (C=O) groups excluding carboxylic acids is 1. The zero-order valence-corrected chi connectivity index (χ0v) is 13.3. The van der Waals surface area contributed by atoms with Crippen LogP contribution in [0.25, 0.3) is 0 Å². The van der Waals surface area contributed by atoms with Gasteiger partial charge in [0.2, 0.25) is 0 Å². The minimum atomic E-state index is -0.0357. The predicted molar refractivity (Wildman–Crippen MR) is 85.3 cm³/mol. The fourth-order valence-corrected chi connectivity index (χ4v) is 2.85. The molecule has 2 rings (SSSR count). The summed E-state index contributed by atoms with van der Waals surface area (Å²) < 4.78 is 1.81. The first-order valence-electron chi connectivity index (χ1n) is 7.60. The zero-order chi connectivity index (χ0) is 15.4. The van der Waals surface area contributed by atoms with E-state index in [-0.39, 0.29) is 11.7 Å². The molecule has 0 amide bonds. The molecule has 0 spiro atoms. The van der Waals surface area contributed by atoms with Gasteiger partial charge < -0.3 is 0 Å². The molecule has 0 aliphatic heterocycles. The molecule has 0 aliphatic carbocycles. The Hall–Kier alpha value is -1.90. The lowest BCUT2D eigenvalue weighted by atomic mass is 9.81. The lowest BCUT2D eigenvalue weighted by Crippen LogP contribution is -2.22. The Morgan fingerprint density at radius 2 is 1.95 bits per heavy atom. The van der Waals surface area contributed by atoms with Gasteiger partial charge in [-0.15, -0.1) is 0 Å². The molecular formula is C18H24N2O. The average Bonchev–Trinajstić information content (AvgIpc) is 2.78. The molecule has 0 N–H and O–H groups in total. The summed E-state index contributed by atoms with van der Waals surface area (Å²) in [6, 6.07) is 12.1. The van der Waals surface area contributed by atoms with Gasteiger partial charge in [-0.3, -0.25) is 9.48 Å². The van der Waals surface area contributed by atoms with Crippen molar-refractivity contribution in [3.8, 4) is 0 Å². The third kappa shape index (κ3) is 3.60. The van der Waals surface area contributed by atoms with Gasteiger partial charge in [0.1, 0.15) is 5.78 Å². The molecule has 2 unspecified atom stereocenters. The van der Waals surface area contributed by atoms with Gasteiger partial charge in [-0.2, -0.15) is 5.10 Å². The van der Waals surface area contributed by atoms with E-state index in [1.54, 1.807) is 0 Å². The van der Waals surface area contributed by atoms with E-state index in [1.165, 1.54) is 0 Å². The van der Waals surface area contributed by atoms with Gasteiger partial charge in [0, 0.05) is 25.1 Å². The minimum Gasteiger partial charge on any atom is -0.299 e. The molecule has 21 heavy (non-hydrogen) atoms. The van der Waals surface area contributed by atoms with Gasteiger partial charge in [0.25, 0.3) is 0 Å². The zero-order valence-electron chi connectivity index (χ0n) is 13.3. The number of hydrogen-bond acceptors (Lipinski definition) is 2. The summed E-state index contributed by atoms with van der Waals surface area (Å²) in [5.74, 6) is 0.583. The molecular weight excluding hydrogens is 260 g/mol. The van der Waals surface area contributed by atoms with E-state index in [4.69, 9.17) is 0 Å². The Bertz CT molecular complexity index is 601. The van der Waals surface area contributed by atoms with E-state index in [1.807, 2.05) is 42.9 Å². The number of ketones is 1. The maximum atomic E-state index is 12.8. The van der Waals surface area contributed by atoms with Crippen LogP contribution < -0.4 is 0 Å². The summed E-state index contributed by atoms with van der Waals surface area (Å²) in [4.78, 5) is 12.8. The molecule has 3 heteroatoms. The molecule has 0 saturated carbocycles. The van der Waals surface area contributed by atoms with Gasteiger partial charge >= 0.3 is 0 Å². The first-order chi connectivity index (χ1) is 10.0. The summed E-state index contributed by atoms with van der Waals surface area (Å²) in [6.45, 7) is 6.25. The van der Waals surface area contributed by atoms with Crippen LogP contribution in [0.3, 0.4) is 0 Å². The SMILES string of the molecule is CCC(C)C(C(=O)Cc1cc(C)nn1C)c1ccccc1. The maximum Gasteiger partial charge on any atom is 0.146 e. The number of aromatic nitrogens is 2. The third-order valence-corrected chi connectivity index (χ3v) is 4.17. The van der Waals surface area contributed by atoms with E-state index in [9.17, 15) is 4.79 Å². The van der Waals surface area contributed by atoms with Crippen molar-refractivity contribution in [3.05, 3.63) is 53.3 Å². The number of nitrogens with zero attached hydrogens (tertiary/aromatic N) is 2. The van der Waals surface area contributed by atoms with Crippen molar-refractivity contribution in [3.63, 3.8) is 0 Å². The molecule has 112 valence electrons. The Morgan fingerprint density at radius 3 is 2.48 bits per heavy atom. The summed E-state index contributed by atoms with van der Waals surface area (Å²) >= 11 is 0. The molecule has 1 aromatic heterocycles. The third-order valence-electron chi connectivity index (χ3n) is 4.17. The van der Waals surface area contributed by atoms with E-state index in [0.717, 1.165) is 23.4 Å². The molecule has 1 aromatic carbocycles. The van der Waals surface area contributed by atoms with Crippen LogP contribution in [0.4, 0.5) is 0 Å². The lowest BCUT2D eigenvalue weighted by molar-refractivity contribution is -0.121. The highest BCUT2D eigenvalue weighted by Gasteiger charge is 2.26. The first-order valence-corrected chi connectivity index (χ1v) is 7.60. The van der Waals surface area contributed by atoms with Crippen LogP contribution in [0, 0.1) is 12.8 Å². The monoisotopic (exact) mass is 284 g/mol. The molecule has 2 aromatic rings. The fraction of sp³-hybridized carbons (Fsp3) is 0.444. The number of carbonyl (C=O) groups is 1. The maximum absolute atomic E-state index is 12.8. The molecule has 0 fully saturated rings. The van der Waals surface area contributed by atoms with Crippen LogP contribution in [-0.2, 0) is 18.3 Å². The van der Waals surface area contributed by atoms with Gasteiger partial charge in [-0.1, -0.05) is 50.6 Å². The Morgan fingerprint density at radius 1 is 1.29 bits per heavy atom. The topological polar surface area (TPSA) is 34.9 Å². The van der Waals surface area contributed by atoms with Gasteiger partial charge in [0.15, 0.2) is 0 Å². The molecule has 0 aliphatic rings. The van der Waals surface area contributed by atoms with Crippen LogP contribution in [0.15, 0.2) is 36.4 Å². The van der Waals surface area contributed by atoms with Crippen LogP contribution in [0.5, 0.6) is 0 Å². The van der Waals surface area contributed by atoms with E-state index >= 15 is 0 Å². The second-order valence-corrected chi connectivity index (χ2v) is 5.82. The highest BCUT2D eigenvalue weighted by Crippen LogP contribution is 2.29. The summed E-state index contributed by atoms with van der Waals surface area (Å²) in [5.41, 5.74) is 3.07. The second kappa shape index (κ2) is 6.70. The van der Waals surface area contributed by atoms with Crippen molar-refractivity contribution < 1.29 is 4.79 Å². The normalized spacial score (nSPS) is 13.9. The Kier molecular flexibility index (Phi) is 4.94.